The molecule has 0 heterocycles. The van der Waals surface area contributed by atoms with Gasteiger partial charge in [0.25, 0.3) is 0 Å². The molecule has 0 saturated heterocycles. The number of halogens is 1. The molecule has 0 aliphatic carbocycles. The fraction of sp³-hybridized carbons (Fsp3) is 0.417. The van der Waals surface area contributed by atoms with Crippen LogP contribution in [0.3, 0.4) is 0 Å². The average molecular weight is 226 g/mol. The maximum Gasteiger partial charge on any atom is 0.305 e. The van der Waals surface area contributed by atoms with Gasteiger partial charge in [0.15, 0.2) is 0 Å². The van der Waals surface area contributed by atoms with Gasteiger partial charge in [-0.15, -0.1) is 0 Å². The summed E-state index contributed by atoms with van der Waals surface area (Å²) in [5, 5.41) is 9.70. The minimum absolute atomic E-state index is 0.159. The van der Waals surface area contributed by atoms with E-state index in [9.17, 15) is 14.3 Å². The van der Waals surface area contributed by atoms with E-state index in [0.29, 0.717) is 12.2 Å². The maximum absolute atomic E-state index is 12.6. The highest BCUT2D eigenvalue weighted by atomic mass is 19.1. The molecule has 1 aromatic rings. The predicted molar refractivity (Wildman–Crippen MR) is 57.2 cm³/mol. The highest BCUT2D eigenvalue weighted by Crippen LogP contribution is 2.18. The van der Waals surface area contributed by atoms with E-state index in [2.05, 4.69) is 0 Å². The van der Waals surface area contributed by atoms with E-state index in [1.807, 2.05) is 0 Å². The molecule has 88 valence electrons. The lowest BCUT2D eigenvalue weighted by atomic mass is 10.1. The molecule has 0 bridgehead atoms. The van der Waals surface area contributed by atoms with E-state index >= 15 is 0 Å². The number of rotatable bonds is 5. The van der Waals surface area contributed by atoms with Crippen molar-refractivity contribution in [2.45, 2.75) is 25.9 Å². The second-order valence-electron chi connectivity index (χ2n) is 3.41. The van der Waals surface area contributed by atoms with Gasteiger partial charge in [0.1, 0.15) is 5.82 Å². The Morgan fingerprint density at radius 2 is 2.06 bits per heavy atom. The van der Waals surface area contributed by atoms with Crippen molar-refractivity contribution in [1.82, 2.24) is 0 Å². The summed E-state index contributed by atoms with van der Waals surface area (Å²) in [5.74, 6) is -0.676. The number of esters is 1. The molecular weight excluding hydrogens is 211 g/mol. The van der Waals surface area contributed by atoms with Crippen molar-refractivity contribution in [3.63, 3.8) is 0 Å². The van der Waals surface area contributed by atoms with Crippen LogP contribution < -0.4 is 0 Å². The summed E-state index contributed by atoms with van der Waals surface area (Å²) in [6.07, 6.45) is -0.318. The fourth-order valence-electron chi connectivity index (χ4n) is 1.34. The molecule has 16 heavy (non-hydrogen) atoms. The topological polar surface area (TPSA) is 46.5 Å². The summed E-state index contributed by atoms with van der Waals surface area (Å²) in [6.45, 7) is 2.07. The van der Waals surface area contributed by atoms with Crippen molar-refractivity contribution in [3.05, 3.63) is 35.6 Å². The van der Waals surface area contributed by atoms with Gasteiger partial charge in [-0.3, -0.25) is 4.79 Å². The van der Waals surface area contributed by atoms with Gasteiger partial charge in [0.2, 0.25) is 0 Å². The molecular formula is C12H15FO3. The first-order valence-corrected chi connectivity index (χ1v) is 5.22. The predicted octanol–water partition coefficient (Wildman–Crippen LogP) is 2.20. The van der Waals surface area contributed by atoms with Crippen LogP contribution in [0.15, 0.2) is 24.3 Å². The zero-order chi connectivity index (χ0) is 12.0. The van der Waals surface area contributed by atoms with E-state index in [4.69, 9.17) is 4.74 Å². The van der Waals surface area contributed by atoms with Crippen LogP contribution in [0.25, 0.3) is 0 Å². The first-order valence-electron chi connectivity index (χ1n) is 5.22. The van der Waals surface area contributed by atoms with Gasteiger partial charge in [0, 0.05) is 6.42 Å². The first-order chi connectivity index (χ1) is 7.63. The van der Waals surface area contributed by atoms with Gasteiger partial charge >= 0.3 is 5.97 Å². The molecule has 0 aliphatic heterocycles. The molecule has 0 spiro atoms. The van der Waals surface area contributed by atoms with E-state index in [-0.39, 0.29) is 24.6 Å². The van der Waals surface area contributed by atoms with Crippen molar-refractivity contribution in [2.24, 2.45) is 0 Å². The number of aliphatic hydroxyl groups excluding tert-OH is 1. The minimum Gasteiger partial charge on any atom is -0.466 e. The lowest BCUT2D eigenvalue weighted by molar-refractivity contribution is -0.143. The Bertz CT molecular complexity index is 335. The molecule has 0 aromatic heterocycles. The second-order valence-corrected chi connectivity index (χ2v) is 3.41. The lowest BCUT2D eigenvalue weighted by Crippen LogP contribution is -2.07. The Balaban J connectivity index is 2.43. The number of hydrogen-bond acceptors (Lipinski definition) is 3. The van der Waals surface area contributed by atoms with Crippen molar-refractivity contribution in [2.75, 3.05) is 6.61 Å². The van der Waals surface area contributed by atoms with Gasteiger partial charge in [-0.25, -0.2) is 4.39 Å². The van der Waals surface area contributed by atoms with Crippen LogP contribution in [0.5, 0.6) is 0 Å². The maximum atomic E-state index is 12.6. The van der Waals surface area contributed by atoms with Crippen LogP contribution in [-0.2, 0) is 9.53 Å². The van der Waals surface area contributed by atoms with Crippen LogP contribution in [-0.4, -0.2) is 17.7 Å². The van der Waals surface area contributed by atoms with Crippen molar-refractivity contribution in [3.8, 4) is 0 Å². The number of benzene rings is 1. The number of carbonyl (C=O) groups is 1. The van der Waals surface area contributed by atoms with Crippen LogP contribution in [0.4, 0.5) is 4.39 Å². The lowest BCUT2D eigenvalue weighted by Gasteiger charge is -2.10. The van der Waals surface area contributed by atoms with Crippen molar-refractivity contribution >= 4 is 5.97 Å². The zero-order valence-corrected chi connectivity index (χ0v) is 9.15. The summed E-state index contributed by atoms with van der Waals surface area (Å²) in [6, 6.07) is 5.57. The first kappa shape index (κ1) is 12.6. The second kappa shape index (κ2) is 6.23. The van der Waals surface area contributed by atoms with E-state index in [1.54, 1.807) is 6.92 Å². The molecule has 0 amide bonds. The molecule has 1 atom stereocenters. The smallest absolute Gasteiger partial charge is 0.305 e. The van der Waals surface area contributed by atoms with Gasteiger partial charge < -0.3 is 9.84 Å². The summed E-state index contributed by atoms with van der Waals surface area (Å²) in [4.78, 5) is 11.0. The van der Waals surface area contributed by atoms with Crippen LogP contribution in [0.1, 0.15) is 31.4 Å². The van der Waals surface area contributed by atoms with Crippen LogP contribution in [0.2, 0.25) is 0 Å². The van der Waals surface area contributed by atoms with Gasteiger partial charge in [-0.2, -0.15) is 0 Å². The third-order valence-electron chi connectivity index (χ3n) is 2.18. The molecule has 1 aromatic carbocycles. The molecule has 0 radical (unpaired) electrons. The molecule has 4 heteroatoms. The third kappa shape index (κ3) is 3.98. The Morgan fingerprint density at radius 3 is 2.62 bits per heavy atom. The number of aliphatic hydroxyl groups is 1. The summed E-state index contributed by atoms with van der Waals surface area (Å²) < 4.78 is 17.3. The monoisotopic (exact) mass is 226 g/mol. The Kier molecular flexibility index (Phi) is 4.92. The van der Waals surface area contributed by atoms with E-state index in [1.165, 1.54) is 24.3 Å². The normalized spacial score (nSPS) is 12.2. The number of hydrogen-bond donors (Lipinski definition) is 1. The highest BCUT2D eigenvalue weighted by molar-refractivity contribution is 5.69. The van der Waals surface area contributed by atoms with Crippen LogP contribution >= 0.6 is 0 Å². The standard InChI is InChI=1S/C12H15FO3/c1-2-16-12(15)8-7-11(14)9-3-5-10(13)6-4-9/h3-6,11,14H,2,7-8H2,1H3. The van der Waals surface area contributed by atoms with Gasteiger partial charge in [-0.1, -0.05) is 12.1 Å². The Morgan fingerprint density at radius 1 is 1.44 bits per heavy atom. The zero-order valence-electron chi connectivity index (χ0n) is 9.15. The highest BCUT2D eigenvalue weighted by Gasteiger charge is 2.10. The summed E-state index contributed by atoms with van der Waals surface area (Å²) >= 11 is 0. The molecule has 1 N–H and O–H groups in total. The summed E-state index contributed by atoms with van der Waals surface area (Å²) in [7, 11) is 0. The van der Waals surface area contributed by atoms with Crippen molar-refractivity contribution in [1.29, 1.82) is 0 Å². The number of ether oxygens (including phenoxy) is 1. The molecule has 1 unspecified atom stereocenters. The van der Waals surface area contributed by atoms with Gasteiger partial charge in [0.05, 0.1) is 12.7 Å². The fourth-order valence-corrected chi connectivity index (χ4v) is 1.34. The third-order valence-corrected chi connectivity index (χ3v) is 2.18. The molecule has 1 rings (SSSR count). The quantitative estimate of drug-likeness (QED) is 0.783. The average Bonchev–Trinajstić information content (AvgIpc) is 2.27. The summed E-state index contributed by atoms with van der Waals surface area (Å²) in [5.41, 5.74) is 0.602. The molecule has 0 saturated carbocycles. The Labute approximate surface area is 93.9 Å². The Hall–Kier alpha value is -1.42. The number of carbonyl (C=O) groups excluding carboxylic acids is 1. The van der Waals surface area contributed by atoms with E-state index < -0.39 is 6.10 Å². The minimum atomic E-state index is -0.759. The van der Waals surface area contributed by atoms with Crippen molar-refractivity contribution < 1.29 is 19.0 Å². The molecule has 3 nitrogen and oxygen atoms in total. The largest absolute Gasteiger partial charge is 0.466 e. The van der Waals surface area contributed by atoms with E-state index in [0.717, 1.165) is 0 Å². The molecule has 0 fully saturated rings. The molecule has 0 aliphatic rings. The SMILES string of the molecule is CCOC(=O)CCC(O)c1ccc(F)cc1. The van der Waals surface area contributed by atoms with Gasteiger partial charge in [-0.05, 0) is 31.0 Å². The van der Waals surface area contributed by atoms with Crippen LogP contribution in [0, 0.1) is 5.82 Å².